The zero-order valence-corrected chi connectivity index (χ0v) is 6.63. The number of aromatic carboxylic acids is 1. The number of hydrogen-bond donors (Lipinski definition) is 1. The van der Waals surface area contributed by atoms with E-state index in [4.69, 9.17) is 9.84 Å². The Hall–Kier alpha value is -1.51. The molecule has 1 heterocycles. The van der Waals surface area contributed by atoms with Crippen molar-refractivity contribution in [3.63, 3.8) is 0 Å². The quantitative estimate of drug-likeness (QED) is 0.691. The molecule has 0 radical (unpaired) electrons. The van der Waals surface area contributed by atoms with Gasteiger partial charge >= 0.3 is 5.97 Å². The minimum absolute atomic E-state index is 0.355. The zero-order valence-electron chi connectivity index (χ0n) is 6.63. The summed E-state index contributed by atoms with van der Waals surface area (Å²) in [6.07, 6.45) is 0.699. The first-order valence-corrected chi connectivity index (χ1v) is 3.81. The summed E-state index contributed by atoms with van der Waals surface area (Å²) in [6.45, 7) is 1.92. The van der Waals surface area contributed by atoms with Crippen molar-refractivity contribution in [2.75, 3.05) is 0 Å². The highest BCUT2D eigenvalue weighted by Crippen LogP contribution is 2.49. The first-order valence-electron chi connectivity index (χ1n) is 3.81. The normalized spacial score (nSPS) is 11.8. The Labute approximate surface area is 69.6 Å². The van der Waals surface area contributed by atoms with Crippen molar-refractivity contribution in [1.82, 2.24) is 0 Å². The van der Waals surface area contributed by atoms with Gasteiger partial charge in [0.1, 0.15) is 0 Å². The van der Waals surface area contributed by atoms with E-state index in [-0.39, 0.29) is 0 Å². The summed E-state index contributed by atoms with van der Waals surface area (Å²) in [5, 5.41) is 8.79. The third-order valence-corrected chi connectivity index (χ3v) is 1.98. The van der Waals surface area contributed by atoms with Crippen molar-refractivity contribution < 1.29 is 14.6 Å². The molecular formula is C9H8O3. The van der Waals surface area contributed by atoms with Crippen LogP contribution in [0.3, 0.4) is 0 Å². The second kappa shape index (κ2) is 2.24. The summed E-state index contributed by atoms with van der Waals surface area (Å²) in [5.41, 5.74) is 1.16. The van der Waals surface area contributed by atoms with Crippen molar-refractivity contribution in [2.45, 2.75) is 13.3 Å². The molecule has 0 saturated carbocycles. The van der Waals surface area contributed by atoms with Crippen LogP contribution in [0.25, 0.3) is 0 Å². The van der Waals surface area contributed by atoms with E-state index in [1.54, 1.807) is 12.1 Å². The molecule has 3 heteroatoms. The number of carboxylic acids is 1. The molecular weight excluding hydrogens is 156 g/mol. The molecule has 12 heavy (non-hydrogen) atoms. The Balaban J connectivity index is 2.56. The van der Waals surface area contributed by atoms with Crippen LogP contribution in [0, 0.1) is 0 Å². The molecule has 1 aliphatic rings. The van der Waals surface area contributed by atoms with Crippen LogP contribution >= 0.6 is 0 Å². The predicted octanol–water partition coefficient (Wildman–Crippen LogP) is 2.05. The summed E-state index contributed by atoms with van der Waals surface area (Å²) >= 11 is 0. The van der Waals surface area contributed by atoms with Gasteiger partial charge in [0, 0.05) is 5.56 Å². The highest BCUT2D eigenvalue weighted by Gasteiger charge is 2.27. The van der Waals surface area contributed by atoms with E-state index in [0.29, 0.717) is 12.0 Å². The Kier molecular flexibility index (Phi) is 1.33. The molecule has 62 valence electrons. The zero-order chi connectivity index (χ0) is 8.72. The van der Waals surface area contributed by atoms with E-state index in [2.05, 4.69) is 0 Å². The van der Waals surface area contributed by atoms with Gasteiger partial charge in [-0.05, 0) is 18.6 Å². The third-order valence-electron chi connectivity index (χ3n) is 1.98. The van der Waals surface area contributed by atoms with Crippen molar-refractivity contribution in [3.05, 3.63) is 23.3 Å². The molecule has 0 unspecified atom stereocenters. The largest absolute Gasteiger partial charge is 0.478 e. The minimum atomic E-state index is -0.884. The second-order valence-electron chi connectivity index (χ2n) is 2.68. The lowest BCUT2D eigenvalue weighted by Gasteiger charge is -1.97. The molecule has 1 aromatic carbocycles. The van der Waals surface area contributed by atoms with E-state index in [0.717, 1.165) is 17.1 Å². The van der Waals surface area contributed by atoms with Gasteiger partial charge < -0.3 is 9.84 Å². The fraction of sp³-hybridized carbons (Fsp3) is 0.222. The van der Waals surface area contributed by atoms with Crippen LogP contribution in [0.15, 0.2) is 12.1 Å². The molecule has 1 aromatic rings. The van der Waals surface area contributed by atoms with Gasteiger partial charge in [0.05, 0.1) is 5.56 Å². The average molecular weight is 164 g/mol. The number of fused-ring (bicyclic) bond motifs is 1. The molecule has 0 fully saturated rings. The van der Waals surface area contributed by atoms with Crippen LogP contribution in [0.2, 0.25) is 0 Å². The third kappa shape index (κ3) is 0.863. The molecule has 0 atom stereocenters. The number of benzene rings is 1. The number of hydrogen-bond acceptors (Lipinski definition) is 2. The van der Waals surface area contributed by atoms with Gasteiger partial charge in [-0.1, -0.05) is 6.92 Å². The molecule has 3 nitrogen and oxygen atoms in total. The molecule has 0 amide bonds. The Morgan fingerprint density at radius 3 is 2.92 bits per heavy atom. The van der Waals surface area contributed by atoms with Crippen molar-refractivity contribution >= 4 is 5.97 Å². The fourth-order valence-corrected chi connectivity index (χ4v) is 1.34. The molecule has 0 aliphatic carbocycles. The van der Waals surface area contributed by atoms with Crippen LogP contribution in [0.5, 0.6) is 11.5 Å². The van der Waals surface area contributed by atoms with Gasteiger partial charge in [-0.15, -0.1) is 0 Å². The fourth-order valence-electron chi connectivity index (χ4n) is 1.34. The van der Waals surface area contributed by atoms with Crippen LogP contribution < -0.4 is 4.74 Å². The molecule has 0 saturated heterocycles. The molecule has 1 aliphatic heterocycles. The Morgan fingerprint density at radius 1 is 1.58 bits per heavy atom. The van der Waals surface area contributed by atoms with Crippen LogP contribution in [0.1, 0.15) is 22.8 Å². The van der Waals surface area contributed by atoms with Gasteiger partial charge in [-0.25, -0.2) is 4.79 Å². The van der Waals surface area contributed by atoms with E-state index in [9.17, 15) is 4.79 Å². The molecule has 0 aromatic heterocycles. The Morgan fingerprint density at radius 2 is 2.33 bits per heavy atom. The van der Waals surface area contributed by atoms with Crippen LogP contribution in [-0.2, 0) is 6.42 Å². The highest BCUT2D eigenvalue weighted by molar-refractivity contribution is 5.91. The maximum absolute atomic E-state index is 10.7. The lowest BCUT2D eigenvalue weighted by atomic mass is 10.1. The smallest absolute Gasteiger partial charge is 0.336 e. The van der Waals surface area contributed by atoms with Gasteiger partial charge in [0.25, 0.3) is 0 Å². The molecule has 0 bridgehead atoms. The van der Waals surface area contributed by atoms with Gasteiger partial charge in [0.15, 0.2) is 11.5 Å². The predicted molar refractivity (Wildman–Crippen MR) is 42.9 cm³/mol. The lowest BCUT2D eigenvalue weighted by molar-refractivity contribution is 0.0696. The SMILES string of the molecule is CCc1c(C(=O)O)ccc2c1O2. The van der Waals surface area contributed by atoms with Gasteiger partial charge in [-0.2, -0.15) is 0 Å². The van der Waals surface area contributed by atoms with Gasteiger partial charge in [-0.3, -0.25) is 0 Å². The topological polar surface area (TPSA) is 49.8 Å². The highest BCUT2D eigenvalue weighted by atomic mass is 16.6. The lowest BCUT2D eigenvalue weighted by Crippen LogP contribution is -1.99. The first kappa shape index (κ1) is 7.16. The summed E-state index contributed by atoms with van der Waals surface area (Å²) in [5.74, 6) is 0.694. The maximum atomic E-state index is 10.7. The second-order valence-corrected chi connectivity index (χ2v) is 2.68. The molecule has 0 spiro atoms. The van der Waals surface area contributed by atoms with E-state index >= 15 is 0 Å². The number of ether oxygens (including phenoxy) is 1. The number of carbonyl (C=O) groups is 1. The van der Waals surface area contributed by atoms with E-state index in [1.165, 1.54) is 0 Å². The van der Waals surface area contributed by atoms with Gasteiger partial charge in [0.2, 0.25) is 0 Å². The van der Waals surface area contributed by atoms with E-state index < -0.39 is 5.97 Å². The minimum Gasteiger partial charge on any atom is -0.478 e. The number of carboxylic acid groups (broad SMARTS) is 1. The van der Waals surface area contributed by atoms with Crippen molar-refractivity contribution in [1.29, 1.82) is 0 Å². The maximum Gasteiger partial charge on any atom is 0.336 e. The monoisotopic (exact) mass is 164 g/mol. The summed E-state index contributed by atoms with van der Waals surface area (Å²) in [6, 6.07) is 3.28. The standard InChI is InChI=1S/C9H8O3/c1-2-5-6(9(10)11)3-4-7-8(5)12-7/h3-4H,2H2,1H3,(H,10,11). The first-order chi connectivity index (χ1) is 5.74. The number of rotatable bonds is 2. The molecule has 2 rings (SSSR count). The summed E-state index contributed by atoms with van der Waals surface area (Å²) in [4.78, 5) is 10.7. The summed E-state index contributed by atoms with van der Waals surface area (Å²) < 4.78 is 5.09. The Bertz CT molecular complexity index is 355. The van der Waals surface area contributed by atoms with Crippen LogP contribution in [0.4, 0.5) is 0 Å². The van der Waals surface area contributed by atoms with Crippen LogP contribution in [-0.4, -0.2) is 11.1 Å². The average Bonchev–Trinajstić information content (AvgIpc) is 2.79. The van der Waals surface area contributed by atoms with Crippen molar-refractivity contribution in [3.8, 4) is 11.5 Å². The molecule has 1 N–H and O–H groups in total. The van der Waals surface area contributed by atoms with Crippen molar-refractivity contribution in [2.24, 2.45) is 0 Å². The summed E-state index contributed by atoms with van der Waals surface area (Å²) in [7, 11) is 0. The van der Waals surface area contributed by atoms with E-state index in [1.807, 2.05) is 6.92 Å².